The molecule has 7 nitrogen and oxygen atoms in total. The third-order valence-electron chi connectivity index (χ3n) is 3.04. The van der Waals surface area contributed by atoms with E-state index in [4.69, 9.17) is 0 Å². The summed E-state index contributed by atoms with van der Waals surface area (Å²) in [5, 5.41) is 5.80. The summed E-state index contributed by atoms with van der Waals surface area (Å²) >= 11 is 0. The Morgan fingerprint density at radius 1 is 1.33 bits per heavy atom. The van der Waals surface area contributed by atoms with E-state index in [1.807, 2.05) is 20.8 Å². The zero-order valence-corrected chi connectivity index (χ0v) is 13.9. The minimum Gasteiger partial charge on any atom is -0.350 e. The van der Waals surface area contributed by atoms with Gasteiger partial charge in [-0.25, -0.2) is 8.42 Å². The van der Waals surface area contributed by atoms with Crippen molar-refractivity contribution in [3.8, 4) is 0 Å². The summed E-state index contributed by atoms with van der Waals surface area (Å²) in [6.07, 6.45) is 0.0819. The average Bonchev–Trinajstić information content (AvgIpc) is 2.24. The number of sulfone groups is 1. The number of hydrogen-bond donors (Lipinski definition) is 2. The SMILES string of the molecule is CN(CC(=O)NC(C)(C)C)C(=O)CC1CS(=O)(=O)CCN1. The first-order valence-electron chi connectivity index (χ1n) is 6.97. The van der Waals surface area contributed by atoms with E-state index in [0.29, 0.717) is 6.54 Å². The van der Waals surface area contributed by atoms with Crippen molar-refractivity contribution >= 4 is 21.7 Å². The van der Waals surface area contributed by atoms with Crippen LogP contribution in [0.2, 0.25) is 0 Å². The van der Waals surface area contributed by atoms with E-state index in [1.54, 1.807) is 7.05 Å². The lowest BCUT2D eigenvalue weighted by molar-refractivity contribution is -0.135. The molecule has 0 saturated carbocycles. The molecule has 0 spiro atoms. The van der Waals surface area contributed by atoms with E-state index in [9.17, 15) is 18.0 Å². The molecule has 0 aromatic rings. The van der Waals surface area contributed by atoms with Crippen molar-refractivity contribution in [2.24, 2.45) is 0 Å². The molecule has 1 aliphatic heterocycles. The Bertz CT molecular complexity index is 496. The van der Waals surface area contributed by atoms with Gasteiger partial charge >= 0.3 is 0 Å². The van der Waals surface area contributed by atoms with Crippen LogP contribution in [0.5, 0.6) is 0 Å². The van der Waals surface area contributed by atoms with Gasteiger partial charge in [-0.2, -0.15) is 0 Å². The predicted octanol–water partition coefficient (Wildman–Crippen LogP) is -0.864. The van der Waals surface area contributed by atoms with Crippen LogP contribution in [0, 0.1) is 0 Å². The Balaban J connectivity index is 2.46. The molecule has 1 aliphatic rings. The lowest BCUT2D eigenvalue weighted by atomic mass is 10.1. The van der Waals surface area contributed by atoms with Crippen molar-refractivity contribution in [3.63, 3.8) is 0 Å². The van der Waals surface area contributed by atoms with Crippen LogP contribution in [-0.2, 0) is 19.4 Å². The van der Waals surface area contributed by atoms with Gasteiger partial charge in [0.2, 0.25) is 11.8 Å². The number of nitrogens with zero attached hydrogens (tertiary/aromatic N) is 1. The summed E-state index contributed by atoms with van der Waals surface area (Å²) in [5.74, 6) is -0.390. The van der Waals surface area contributed by atoms with Crippen LogP contribution >= 0.6 is 0 Å². The maximum absolute atomic E-state index is 12.0. The van der Waals surface area contributed by atoms with Crippen LogP contribution in [0.1, 0.15) is 27.2 Å². The van der Waals surface area contributed by atoms with Gasteiger partial charge in [-0.15, -0.1) is 0 Å². The summed E-state index contributed by atoms with van der Waals surface area (Å²) < 4.78 is 23.0. The van der Waals surface area contributed by atoms with Gasteiger partial charge in [-0.3, -0.25) is 9.59 Å². The highest BCUT2D eigenvalue weighted by molar-refractivity contribution is 7.91. The van der Waals surface area contributed by atoms with Gasteiger partial charge in [0.15, 0.2) is 9.84 Å². The minimum atomic E-state index is -3.06. The third kappa shape index (κ3) is 6.90. The lowest BCUT2D eigenvalue weighted by Crippen LogP contribution is -2.49. The van der Waals surface area contributed by atoms with Gasteiger partial charge in [0, 0.05) is 31.6 Å². The first kappa shape index (κ1) is 17.9. The molecule has 1 heterocycles. The molecule has 122 valence electrons. The Kier molecular flexibility index (Phi) is 5.75. The second-order valence-corrected chi connectivity index (χ2v) is 8.75. The van der Waals surface area contributed by atoms with Crippen LogP contribution in [0.15, 0.2) is 0 Å². The van der Waals surface area contributed by atoms with Gasteiger partial charge in [0.05, 0.1) is 18.1 Å². The van der Waals surface area contributed by atoms with Gasteiger partial charge in [-0.05, 0) is 20.8 Å². The zero-order valence-electron chi connectivity index (χ0n) is 13.1. The Morgan fingerprint density at radius 3 is 2.48 bits per heavy atom. The maximum Gasteiger partial charge on any atom is 0.240 e. The van der Waals surface area contributed by atoms with E-state index < -0.39 is 9.84 Å². The number of nitrogens with one attached hydrogen (secondary N) is 2. The second kappa shape index (κ2) is 6.74. The summed E-state index contributed by atoms with van der Waals surface area (Å²) in [4.78, 5) is 25.1. The Hall–Kier alpha value is -1.15. The average molecular weight is 319 g/mol. The standard InChI is InChI=1S/C13H25N3O4S/c1-13(2,3)15-11(17)8-16(4)12(18)7-10-9-21(19,20)6-5-14-10/h10,14H,5-9H2,1-4H3,(H,15,17). The topological polar surface area (TPSA) is 95.6 Å². The fraction of sp³-hybridized carbons (Fsp3) is 0.846. The molecule has 1 saturated heterocycles. The number of carbonyl (C=O) groups is 2. The lowest BCUT2D eigenvalue weighted by Gasteiger charge is -2.26. The largest absolute Gasteiger partial charge is 0.350 e. The van der Waals surface area contributed by atoms with Crippen molar-refractivity contribution in [1.29, 1.82) is 0 Å². The molecule has 1 rings (SSSR count). The quantitative estimate of drug-likeness (QED) is 0.703. The Labute approximate surface area is 126 Å². The molecule has 1 fully saturated rings. The summed E-state index contributed by atoms with van der Waals surface area (Å²) in [6, 6.07) is -0.371. The van der Waals surface area contributed by atoms with Crippen molar-refractivity contribution in [2.75, 3.05) is 31.6 Å². The molecule has 8 heteroatoms. The monoisotopic (exact) mass is 319 g/mol. The normalized spacial score (nSPS) is 21.6. The van der Waals surface area contributed by atoms with Crippen molar-refractivity contribution in [3.05, 3.63) is 0 Å². The molecule has 2 amide bonds. The fourth-order valence-electron chi connectivity index (χ4n) is 2.13. The minimum absolute atomic E-state index is 0.0270. The molecule has 0 radical (unpaired) electrons. The van der Waals surface area contributed by atoms with Gasteiger partial charge < -0.3 is 15.5 Å². The first-order valence-corrected chi connectivity index (χ1v) is 8.79. The molecule has 2 N–H and O–H groups in total. The molecule has 21 heavy (non-hydrogen) atoms. The van der Waals surface area contributed by atoms with E-state index in [2.05, 4.69) is 10.6 Å². The number of carbonyl (C=O) groups excluding carboxylic acids is 2. The summed E-state index contributed by atoms with van der Waals surface area (Å²) in [5.41, 5.74) is -0.347. The van der Waals surface area contributed by atoms with E-state index in [0.717, 1.165) is 0 Å². The summed E-state index contributed by atoms with van der Waals surface area (Å²) in [6.45, 7) is 5.93. The van der Waals surface area contributed by atoms with E-state index in [-0.39, 0.29) is 47.9 Å². The molecule has 0 aromatic heterocycles. The molecule has 1 atom stereocenters. The number of hydrogen-bond acceptors (Lipinski definition) is 5. The number of likely N-dealkylation sites (N-methyl/N-ethyl adjacent to an activating group) is 1. The number of rotatable bonds is 4. The first-order chi connectivity index (χ1) is 9.48. The number of amides is 2. The van der Waals surface area contributed by atoms with Crippen LogP contribution in [0.3, 0.4) is 0 Å². The molecular formula is C13H25N3O4S. The van der Waals surface area contributed by atoms with Gasteiger partial charge in [0.25, 0.3) is 0 Å². The van der Waals surface area contributed by atoms with Gasteiger partial charge in [-0.1, -0.05) is 0 Å². The molecular weight excluding hydrogens is 294 g/mol. The maximum atomic E-state index is 12.0. The second-order valence-electron chi connectivity index (χ2n) is 6.52. The highest BCUT2D eigenvalue weighted by Crippen LogP contribution is 2.07. The van der Waals surface area contributed by atoms with Crippen LogP contribution in [0.4, 0.5) is 0 Å². The molecule has 0 bridgehead atoms. The van der Waals surface area contributed by atoms with Crippen LogP contribution < -0.4 is 10.6 Å². The van der Waals surface area contributed by atoms with Crippen molar-refractivity contribution in [1.82, 2.24) is 15.5 Å². The molecule has 1 unspecified atom stereocenters. The molecule has 0 aliphatic carbocycles. The highest BCUT2D eigenvalue weighted by Gasteiger charge is 2.27. The van der Waals surface area contributed by atoms with Gasteiger partial charge in [0.1, 0.15) is 0 Å². The summed E-state index contributed by atoms with van der Waals surface area (Å²) in [7, 11) is -1.52. The van der Waals surface area contributed by atoms with E-state index in [1.165, 1.54) is 4.90 Å². The smallest absolute Gasteiger partial charge is 0.240 e. The van der Waals surface area contributed by atoms with Crippen LogP contribution in [0.25, 0.3) is 0 Å². The van der Waals surface area contributed by atoms with E-state index >= 15 is 0 Å². The van der Waals surface area contributed by atoms with Crippen LogP contribution in [-0.4, -0.2) is 68.4 Å². The third-order valence-corrected chi connectivity index (χ3v) is 4.78. The van der Waals surface area contributed by atoms with Crippen molar-refractivity contribution < 1.29 is 18.0 Å². The molecule has 0 aromatic carbocycles. The zero-order chi connectivity index (χ0) is 16.3. The Morgan fingerprint density at radius 2 is 1.95 bits per heavy atom. The fourth-order valence-corrected chi connectivity index (χ4v) is 3.57. The predicted molar refractivity (Wildman–Crippen MR) is 80.6 cm³/mol. The van der Waals surface area contributed by atoms with Crippen molar-refractivity contribution in [2.45, 2.75) is 38.8 Å². The highest BCUT2D eigenvalue weighted by atomic mass is 32.2.